The third-order valence-corrected chi connectivity index (χ3v) is 5.85. The van der Waals surface area contributed by atoms with Gasteiger partial charge in [0.25, 0.3) is 5.82 Å². The molecule has 2 aliphatic heterocycles. The van der Waals surface area contributed by atoms with E-state index in [-0.39, 0.29) is 209 Å². The fourth-order valence-corrected chi connectivity index (χ4v) is 3.54. The Kier molecular flexibility index (Phi) is 107. The summed E-state index contributed by atoms with van der Waals surface area (Å²) in [5.41, 5.74) is 5.77. The molecular formula is C40H78N5RbW4+2. The van der Waals surface area contributed by atoms with Crippen LogP contribution in [0.25, 0.3) is 0 Å². The first-order valence-electron chi connectivity index (χ1n) is 12.7. The van der Waals surface area contributed by atoms with E-state index in [1.807, 2.05) is 65.6 Å². The van der Waals surface area contributed by atoms with Crippen molar-refractivity contribution in [2.75, 3.05) is 25.5 Å². The Bertz CT molecular complexity index is 1030. The van der Waals surface area contributed by atoms with Crippen LogP contribution in [-0.2, 0) is 105 Å². The number of nitrogens with zero attached hydrogens (tertiary/aromatic N) is 5. The number of rotatable bonds is 4. The molecule has 0 atom stereocenters. The van der Waals surface area contributed by atoms with Gasteiger partial charge in [-0.05, 0) is 36.4 Å². The Labute approximate surface area is 424 Å². The largest absolute Gasteiger partial charge is 2.00 e. The van der Waals surface area contributed by atoms with Crippen LogP contribution in [0.5, 0.6) is 0 Å². The maximum atomic E-state index is 4.30. The first-order valence-corrected chi connectivity index (χ1v) is 12.7. The van der Waals surface area contributed by atoms with E-state index in [9.17, 15) is 0 Å². The van der Waals surface area contributed by atoms with E-state index in [1.165, 1.54) is 30.7 Å². The molecule has 4 rings (SSSR count). The Hall–Kier alpha value is 1.61. The summed E-state index contributed by atoms with van der Waals surface area (Å²) in [6.07, 6.45) is 12.4. The van der Waals surface area contributed by atoms with Gasteiger partial charge in [0, 0.05) is 24.7 Å². The third kappa shape index (κ3) is 40.8. The van der Waals surface area contributed by atoms with Crippen molar-refractivity contribution in [1.82, 2.24) is 0 Å². The zero-order valence-electron chi connectivity index (χ0n) is 29.9. The van der Waals surface area contributed by atoms with Gasteiger partial charge in [-0.25, -0.2) is 4.57 Å². The summed E-state index contributed by atoms with van der Waals surface area (Å²) in [5.74, 6) is 1.16. The summed E-state index contributed by atoms with van der Waals surface area (Å²) in [6.45, 7) is 18.2. The third-order valence-electron chi connectivity index (χ3n) is 5.85. The fourth-order valence-electron chi connectivity index (χ4n) is 3.54. The predicted molar refractivity (Wildman–Crippen MR) is 213 cm³/mol. The summed E-state index contributed by atoms with van der Waals surface area (Å²) in [6, 6.07) is 12.2. The van der Waals surface area contributed by atoms with Crippen LogP contribution in [0.1, 0.15) is 94.0 Å². The second kappa shape index (κ2) is 57.3. The Morgan fingerprint density at radius 2 is 1.28 bits per heavy atom. The van der Waals surface area contributed by atoms with Crippen molar-refractivity contribution >= 4 is 17.2 Å². The SMILES string of the molecule is C.C.C.C.C.[CH2-]CC1=NC(C)=[C-]C1.[CH2-]CC1=NCCCC1.[CH2-]Cc1cccc[n+]1C.[CH2-]c1cccc(N(C)C)[n+]1C.[CH3-].[CH3-].[CH3-].[CH3-].[Rb+].[W+2].[W+2].[W+2].[W+2]. The maximum Gasteiger partial charge on any atom is 2.00 e. The van der Waals surface area contributed by atoms with Crippen molar-refractivity contribution in [3.8, 4) is 0 Å². The predicted octanol–water partition coefficient (Wildman–Crippen LogP) is 7.22. The number of allylic oxidation sites excluding steroid dienone is 2. The zero-order chi connectivity index (χ0) is 26.9. The second-order valence-electron chi connectivity index (χ2n) is 8.90. The van der Waals surface area contributed by atoms with Crippen molar-refractivity contribution in [2.24, 2.45) is 24.1 Å². The molecular weight excluding hydrogens is 1370 g/mol. The molecule has 0 radical (unpaired) electrons. The number of aryl methyl sites for hydroxylation is 1. The molecule has 0 saturated carbocycles. The normalized spacial score (nSPS) is 10.0. The summed E-state index contributed by atoms with van der Waals surface area (Å²) >= 11 is 0. The number of hydrogen-bond acceptors (Lipinski definition) is 3. The van der Waals surface area contributed by atoms with Gasteiger partial charge in [0.15, 0.2) is 11.9 Å². The van der Waals surface area contributed by atoms with Crippen molar-refractivity contribution < 1.29 is 152 Å². The van der Waals surface area contributed by atoms with Crippen molar-refractivity contribution in [3.05, 3.63) is 123 Å². The van der Waals surface area contributed by atoms with Crippen LogP contribution in [0.15, 0.2) is 58.3 Å². The molecule has 0 fully saturated rings. The first kappa shape index (κ1) is 93.5. The van der Waals surface area contributed by atoms with Gasteiger partial charge < -0.3 is 61.5 Å². The standard InChI is InChI=1S/C9H14N2.C8H11N.C7H9N.C7H12N.5CH4.4CH3.Rb.4W/c1-8-6-5-7-9(10(2)3)11(8)4;1-3-8-6-4-5-7-9(8)2;1-3-7-5-4-6(2)8-7;1-2-7-5-3-4-6-8-7;;;;;;;;;;;;;;/h5-7H,1H2,2-4H3;4-7H,1,3H2,2H3;1,3,5H2,2H3;1-6H2;5*1H4;4*1H3;;;;;/q;;-2;-1;;;;;;4*-1;+1;4*+2. The average Bonchev–Trinajstić information content (AvgIpc) is 3.33. The smallest absolute Gasteiger partial charge is 0.468 e. The van der Waals surface area contributed by atoms with E-state index < -0.39 is 0 Å². The van der Waals surface area contributed by atoms with Crippen LogP contribution in [0.3, 0.4) is 0 Å². The molecule has 50 heavy (non-hydrogen) atoms. The molecule has 0 N–H and O–H groups in total. The van der Waals surface area contributed by atoms with Crippen molar-refractivity contribution in [2.45, 2.75) is 89.0 Å². The van der Waals surface area contributed by atoms with Gasteiger partial charge in [-0.2, -0.15) is 13.0 Å². The van der Waals surface area contributed by atoms with Crippen LogP contribution < -0.4 is 72.2 Å². The van der Waals surface area contributed by atoms with Crippen LogP contribution in [-0.4, -0.2) is 32.1 Å². The number of aliphatic imine (C=N–C) groups is 2. The van der Waals surface area contributed by atoms with Crippen LogP contribution in [0.4, 0.5) is 5.82 Å². The summed E-state index contributed by atoms with van der Waals surface area (Å²) in [4.78, 5) is 10.5. The van der Waals surface area contributed by atoms with E-state index in [4.69, 9.17) is 0 Å². The monoisotopic (exact) mass is 1450 g/mol. The molecule has 286 valence electrons. The topological polar surface area (TPSA) is 35.7 Å². The molecule has 0 saturated heterocycles. The molecule has 5 nitrogen and oxygen atoms in total. The summed E-state index contributed by atoms with van der Waals surface area (Å²) in [7, 11) is 8.09. The van der Waals surface area contributed by atoms with Gasteiger partial charge in [-0.1, -0.05) is 56.5 Å². The molecule has 10 heteroatoms. The van der Waals surface area contributed by atoms with Crippen molar-refractivity contribution in [3.63, 3.8) is 0 Å². The average molecular weight is 1450 g/mol. The quantitative estimate of drug-likeness (QED) is 0.236. The Morgan fingerprint density at radius 1 is 0.760 bits per heavy atom. The summed E-state index contributed by atoms with van der Waals surface area (Å²) < 4.78 is 4.13. The molecule has 0 bridgehead atoms. The molecule has 2 aromatic rings. The van der Waals surface area contributed by atoms with E-state index >= 15 is 0 Å². The number of pyridine rings is 2. The van der Waals surface area contributed by atoms with E-state index in [2.05, 4.69) is 69.9 Å². The van der Waals surface area contributed by atoms with Crippen LogP contribution in [0, 0.1) is 63.5 Å². The molecule has 0 amide bonds. The van der Waals surface area contributed by atoms with Gasteiger partial charge in [0.2, 0.25) is 0 Å². The molecule has 2 aromatic heterocycles. The van der Waals surface area contributed by atoms with Crippen LogP contribution in [0.2, 0.25) is 0 Å². The van der Waals surface area contributed by atoms with Gasteiger partial charge in [0.05, 0.1) is 21.1 Å². The van der Waals surface area contributed by atoms with E-state index in [0.717, 1.165) is 55.1 Å². The van der Waals surface area contributed by atoms with E-state index in [0.29, 0.717) is 0 Å². The van der Waals surface area contributed by atoms with Gasteiger partial charge in [0.1, 0.15) is 7.05 Å². The molecule has 4 heterocycles. The number of aromatic nitrogens is 2. The second-order valence-corrected chi connectivity index (χ2v) is 8.90. The van der Waals surface area contributed by atoms with Gasteiger partial charge in [-0.3, -0.25) is 14.5 Å². The van der Waals surface area contributed by atoms with Crippen LogP contribution >= 0.6 is 0 Å². The summed E-state index contributed by atoms with van der Waals surface area (Å²) in [5, 5.41) is 0. The minimum Gasteiger partial charge on any atom is -0.468 e. The van der Waals surface area contributed by atoms with Gasteiger partial charge in [-0.15, -0.1) is 31.0 Å². The minimum absolute atomic E-state index is 0. The maximum absolute atomic E-state index is 4.30. The van der Waals surface area contributed by atoms with E-state index in [1.54, 1.807) is 0 Å². The first-order chi connectivity index (χ1) is 17.2. The fraction of sp³-hybridized carbons (Fsp3) is 0.450. The van der Waals surface area contributed by atoms with Gasteiger partial charge >= 0.3 is 142 Å². The number of hydrogen-bond donors (Lipinski definition) is 0. The zero-order valence-corrected chi connectivity index (χ0v) is 46.5. The molecule has 2 aliphatic rings. The molecule has 0 spiro atoms. The molecule has 0 aliphatic carbocycles. The van der Waals surface area contributed by atoms with Crippen molar-refractivity contribution in [1.29, 1.82) is 0 Å². The number of anilines is 1. The Balaban J connectivity index is -0.0000000265. The molecule has 0 aromatic carbocycles. The molecule has 0 unspecified atom stereocenters. The Morgan fingerprint density at radius 3 is 1.56 bits per heavy atom. The minimum atomic E-state index is 0.